The van der Waals surface area contributed by atoms with E-state index < -0.39 is 0 Å². The van der Waals surface area contributed by atoms with Crippen LogP contribution in [0.3, 0.4) is 0 Å². The molecule has 29 heavy (non-hydrogen) atoms. The van der Waals surface area contributed by atoms with Gasteiger partial charge in [-0.05, 0) is 49.6 Å². The quantitative estimate of drug-likeness (QED) is 0.437. The van der Waals surface area contributed by atoms with Gasteiger partial charge in [-0.25, -0.2) is 4.39 Å². The first-order valence-corrected chi connectivity index (χ1v) is 9.77. The largest absolute Gasteiger partial charge is 0.399 e. The van der Waals surface area contributed by atoms with Crippen LogP contribution in [0.2, 0.25) is 0 Å². The molecule has 3 rings (SSSR count). The summed E-state index contributed by atoms with van der Waals surface area (Å²) in [5.41, 5.74) is 9.32. The number of nitrogen functional groups attached to an aromatic ring is 1. The fourth-order valence-electron chi connectivity index (χ4n) is 3.22. The van der Waals surface area contributed by atoms with Gasteiger partial charge in [0.2, 0.25) is 0 Å². The van der Waals surface area contributed by atoms with Crippen LogP contribution in [-0.2, 0) is 6.42 Å². The molecule has 0 atom stereocenters. The summed E-state index contributed by atoms with van der Waals surface area (Å²) in [5.74, 6) is 0.480. The highest BCUT2D eigenvalue weighted by molar-refractivity contribution is 5.96. The molecule has 0 saturated carbocycles. The minimum Gasteiger partial charge on any atom is -0.399 e. The van der Waals surface area contributed by atoms with Gasteiger partial charge >= 0.3 is 0 Å². The molecule has 0 spiro atoms. The third-order valence-corrected chi connectivity index (χ3v) is 4.93. The monoisotopic (exact) mass is 395 g/mol. The van der Waals surface area contributed by atoms with Crippen molar-refractivity contribution in [2.75, 3.05) is 19.3 Å². The summed E-state index contributed by atoms with van der Waals surface area (Å²) in [6, 6.07) is 13.6. The lowest BCUT2D eigenvalue weighted by atomic mass is 10.1. The number of halogens is 1. The van der Waals surface area contributed by atoms with Crippen molar-refractivity contribution in [1.29, 1.82) is 0 Å². The van der Waals surface area contributed by atoms with E-state index in [0.29, 0.717) is 29.1 Å². The van der Waals surface area contributed by atoms with Gasteiger partial charge in [0.25, 0.3) is 5.91 Å². The van der Waals surface area contributed by atoms with Crippen molar-refractivity contribution < 1.29 is 13.7 Å². The Labute approximate surface area is 170 Å². The van der Waals surface area contributed by atoms with Crippen LogP contribution in [0, 0.1) is 12.7 Å². The van der Waals surface area contributed by atoms with Crippen LogP contribution in [-0.4, -0.2) is 29.6 Å². The van der Waals surface area contributed by atoms with Crippen molar-refractivity contribution in [2.45, 2.75) is 32.6 Å². The summed E-state index contributed by atoms with van der Waals surface area (Å²) >= 11 is 0. The van der Waals surface area contributed by atoms with Gasteiger partial charge in [-0.3, -0.25) is 4.79 Å². The number of amides is 1. The molecule has 0 bridgehead atoms. The Bertz CT molecular complexity index is 984. The lowest BCUT2D eigenvalue weighted by molar-refractivity contribution is 0.0792. The van der Waals surface area contributed by atoms with Gasteiger partial charge in [0.15, 0.2) is 0 Å². The standard InChI is InChI=1S/C23H26FN3O2/c1-16-10-11-19(25)14-21(16)23(28)27(2)12-5-3-4-9-20-15-22(26-29-20)17-7-6-8-18(24)13-17/h6-8,10-11,13-15H,3-5,9,12,25H2,1-2H3. The van der Waals surface area contributed by atoms with Crippen LogP contribution in [0.1, 0.15) is 40.9 Å². The van der Waals surface area contributed by atoms with Gasteiger partial charge in [0.05, 0.1) is 0 Å². The molecular weight excluding hydrogens is 369 g/mol. The van der Waals surface area contributed by atoms with Crippen molar-refractivity contribution in [3.63, 3.8) is 0 Å². The molecule has 0 unspecified atom stereocenters. The second kappa shape index (κ2) is 9.37. The first-order valence-electron chi connectivity index (χ1n) is 9.77. The smallest absolute Gasteiger partial charge is 0.253 e. The number of aryl methyl sites for hydroxylation is 2. The molecule has 2 N–H and O–H groups in total. The third kappa shape index (κ3) is 5.44. The minimum atomic E-state index is -0.293. The van der Waals surface area contributed by atoms with Crippen LogP contribution < -0.4 is 5.73 Å². The van der Waals surface area contributed by atoms with E-state index in [1.54, 1.807) is 29.2 Å². The Morgan fingerprint density at radius 1 is 1.14 bits per heavy atom. The fraction of sp³-hybridized carbons (Fsp3) is 0.304. The van der Waals surface area contributed by atoms with Crippen LogP contribution in [0.4, 0.5) is 10.1 Å². The number of benzene rings is 2. The van der Waals surface area contributed by atoms with Crippen molar-refractivity contribution in [3.8, 4) is 11.3 Å². The minimum absolute atomic E-state index is 0.00947. The summed E-state index contributed by atoms with van der Waals surface area (Å²) in [7, 11) is 1.81. The van der Waals surface area contributed by atoms with E-state index in [0.717, 1.165) is 37.0 Å². The second-order valence-electron chi connectivity index (χ2n) is 7.30. The molecule has 152 valence electrons. The molecular formula is C23H26FN3O2. The number of unbranched alkanes of at least 4 members (excludes halogenated alkanes) is 2. The number of anilines is 1. The van der Waals surface area contributed by atoms with Gasteiger partial charge in [-0.1, -0.05) is 29.8 Å². The molecule has 5 nitrogen and oxygen atoms in total. The number of rotatable bonds is 8. The second-order valence-corrected chi connectivity index (χ2v) is 7.30. The number of nitrogens with two attached hydrogens (primary N) is 1. The maximum absolute atomic E-state index is 13.3. The Morgan fingerprint density at radius 2 is 1.97 bits per heavy atom. The molecule has 0 radical (unpaired) electrons. The molecule has 0 saturated heterocycles. The topological polar surface area (TPSA) is 72.4 Å². The lowest BCUT2D eigenvalue weighted by Gasteiger charge is -2.18. The van der Waals surface area contributed by atoms with Gasteiger partial charge in [0, 0.05) is 42.9 Å². The highest BCUT2D eigenvalue weighted by atomic mass is 19.1. The Kier molecular flexibility index (Phi) is 6.65. The molecule has 1 amide bonds. The van der Waals surface area contributed by atoms with E-state index in [1.165, 1.54) is 12.1 Å². The average molecular weight is 395 g/mol. The molecule has 3 aromatic rings. The van der Waals surface area contributed by atoms with Crippen LogP contribution in [0.15, 0.2) is 53.1 Å². The highest BCUT2D eigenvalue weighted by Crippen LogP contribution is 2.21. The van der Waals surface area contributed by atoms with Crippen LogP contribution in [0.25, 0.3) is 11.3 Å². The molecule has 0 aliphatic heterocycles. The number of hydrogen-bond acceptors (Lipinski definition) is 4. The number of nitrogens with zero attached hydrogens (tertiary/aromatic N) is 2. The van der Waals surface area contributed by atoms with E-state index in [-0.39, 0.29) is 11.7 Å². The van der Waals surface area contributed by atoms with Crippen molar-refractivity contribution in [3.05, 3.63) is 71.2 Å². The van der Waals surface area contributed by atoms with Crippen molar-refractivity contribution in [1.82, 2.24) is 10.1 Å². The first-order chi connectivity index (χ1) is 13.9. The maximum atomic E-state index is 13.3. The molecule has 0 fully saturated rings. The third-order valence-electron chi connectivity index (χ3n) is 4.93. The molecule has 0 aliphatic carbocycles. The normalized spacial score (nSPS) is 10.9. The fourth-order valence-corrected chi connectivity index (χ4v) is 3.22. The predicted octanol–water partition coefficient (Wildman–Crippen LogP) is 4.86. The van der Waals surface area contributed by atoms with Crippen molar-refractivity contribution in [2.24, 2.45) is 0 Å². The van der Waals surface area contributed by atoms with Crippen molar-refractivity contribution >= 4 is 11.6 Å². The Hall–Kier alpha value is -3.15. The summed E-state index contributed by atoms with van der Waals surface area (Å²) in [6.45, 7) is 2.59. The van der Waals surface area contributed by atoms with Gasteiger partial charge in [-0.15, -0.1) is 0 Å². The summed E-state index contributed by atoms with van der Waals surface area (Å²) in [6.07, 6.45) is 3.55. The van der Waals surface area contributed by atoms with Crippen LogP contribution >= 0.6 is 0 Å². The molecule has 6 heteroatoms. The summed E-state index contributed by atoms with van der Waals surface area (Å²) in [5, 5.41) is 4.02. The number of carbonyl (C=O) groups excluding carboxylic acids is 1. The van der Waals surface area contributed by atoms with Gasteiger partial charge in [-0.2, -0.15) is 0 Å². The molecule has 2 aromatic carbocycles. The first kappa shape index (κ1) is 20.6. The average Bonchev–Trinajstić information content (AvgIpc) is 3.18. The zero-order chi connectivity index (χ0) is 20.8. The lowest BCUT2D eigenvalue weighted by Crippen LogP contribution is -2.28. The van der Waals surface area contributed by atoms with E-state index in [4.69, 9.17) is 10.3 Å². The van der Waals surface area contributed by atoms with E-state index in [1.807, 2.05) is 26.1 Å². The number of carbonyl (C=O) groups is 1. The van der Waals surface area contributed by atoms with E-state index in [9.17, 15) is 9.18 Å². The highest BCUT2D eigenvalue weighted by Gasteiger charge is 2.14. The van der Waals surface area contributed by atoms with E-state index in [2.05, 4.69) is 5.16 Å². The van der Waals surface area contributed by atoms with Crippen LogP contribution in [0.5, 0.6) is 0 Å². The molecule has 1 heterocycles. The van der Waals surface area contributed by atoms with Gasteiger partial charge < -0.3 is 15.2 Å². The summed E-state index contributed by atoms with van der Waals surface area (Å²) in [4.78, 5) is 14.3. The SMILES string of the molecule is Cc1ccc(N)cc1C(=O)N(C)CCCCCc1cc(-c2cccc(F)c2)no1. The number of aromatic nitrogens is 1. The number of hydrogen-bond donors (Lipinski definition) is 1. The molecule has 1 aromatic heterocycles. The van der Waals surface area contributed by atoms with E-state index >= 15 is 0 Å². The zero-order valence-electron chi connectivity index (χ0n) is 16.8. The zero-order valence-corrected chi connectivity index (χ0v) is 16.8. The maximum Gasteiger partial charge on any atom is 0.253 e. The molecule has 0 aliphatic rings. The van der Waals surface area contributed by atoms with Gasteiger partial charge in [0.1, 0.15) is 17.3 Å². The summed E-state index contributed by atoms with van der Waals surface area (Å²) < 4.78 is 18.7. The Balaban J connectivity index is 1.43. The predicted molar refractivity (Wildman–Crippen MR) is 112 cm³/mol. The Morgan fingerprint density at radius 3 is 2.76 bits per heavy atom.